The molecular formula is C19H28N4O2. The summed E-state index contributed by atoms with van der Waals surface area (Å²) in [7, 11) is 1.89. The van der Waals surface area contributed by atoms with Gasteiger partial charge in [-0.05, 0) is 57.3 Å². The first kappa shape index (κ1) is 16.7. The van der Waals surface area contributed by atoms with Crippen LogP contribution < -0.4 is 10.1 Å². The van der Waals surface area contributed by atoms with E-state index in [0.717, 1.165) is 48.8 Å². The van der Waals surface area contributed by atoms with Crippen molar-refractivity contribution in [1.29, 1.82) is 0 Å². The summed E-state index contributed by atoms with van der Waals surface area (Å²) < 4.78 is 11.6. The van der Waals surface area contributed by atoms with Gasteiger partial charge < -0.3 is 14.8 Å². The Morgan fingerprint density at radius 1 is 1.32 bits per heavy atom. The molecule has 2 aliphatic rings. The maximum Gasteiger partial charge on any atom is 0.155 e. The van der Waals surface area contributed by atoms with Crippen molar-refractivity contribution in [2.24, 2.45) is 5.92 Å². The van der Waals surface area contributed by atoms with Crippen molar-refractivity contribution in [3.05, 3.63) is 17.7 Å². The van der Waals surface area contributed by atoms with Crippen LogP contribution in [0.5, 0.6) is 5.75 Å². The van der Waals surface area contributed by atoms with Crippen molar-refractivity contribution in [3.8, 4) is 5.75 Å². The van der Waals surface area contributed by atoms with Crippen LogP contribution in [0.25, 0.3) is 10.9 Å². The first-order chi connectivity index (χ1) is 12.2. The zero-order valence-electron chi connectivity index (χ0n) is 15.3. The highest BCUT2D eigenvalue weighted by Crippen LogP contribution is 2.31. The molecule has 1 atom stereocenters. The predicted octanol–water partition coefficient (Wildman–Crippen LogP) is 2.79. The lowest BCUT2D eigenvalue weighted by Crippen LogP contribution is -2.52. The van der Waals surface area contributed by atoms with Crippen LogP contribution in [-0.2, 0) is 4.74 Å². The minimum atomic E-state index is 0.225. The molecule has 1 aromatic carbocycles. The molecule has 0 aliphatic carbocycles. The third kappa shape index (κ3) is 3.20. The molecule has 3 heterocycles. The molecule has 6 heteroatoms. The van der Waals surface area contributed by atoms with Crippen LogP contribution in [0.15, 0.2) is 12.1 Å². The highest BCUT2D eigenvalue weighted by molar-refractivity contribution is 5.93. The maximum absolute atomic E-state index is 6.31. The summed E-state index contributed by atoms with van der Waals surface area (Å²) in [4.78, 5) is 2.58. The van der Waals surface area contributed by atoms with Gasteiger partial charge in [0.2, 0.25) is 0 Å². The Labute approximate surface area is 148 Å². The first-order valence-corrected chi connectivity index (χ1v) is 9.30. The fourth-order valence-corrected chi connectivity index (χ4v) is 4.08. The molecule has 0 bridgehead atoms. The van der Waals surface area contributed by atoms with Gasteiger partial charge in [0.15, 0.2) is 5.82 Å². The van der Waals surface area contributed by atoms with Gasteiger partial charge >= 0.3 is 0 Å². The number of nitrogens with zero attached hydrogens (tertiary/aromatic N) is 2. The molecule has 136 valence electrons. The number of aromatic amines is 1. The SMILES string of the molecule is CNc1n[nH]c2cc(OC(C)C3CCN(C4COC4)CC3)cc(C)c12. The zero-order chi connectivity index (χ0) is 17.4. The van der Waals surface area contributed by atoms with E-state index in [1.807, 2.05) is 7.05 Å². The molecule has 6 nitrogen and oxygen atoms in total. The van der Waals surface area contributed by atoms with Crippen molar-refractivity contribution in [2.75, 3.05) is 38.7 Å². The van der Waals surface area contributed by atoms with Gasteiger partial charge in [-0.3, -0.25) is 10.00 Å². The second-order valence-corrected chi connectivity index (χ2v) is 7.37. The molecule has 0 radical (unpaired) electrons. The number of hydrogen-bond acceptors (Lipinski definition) is 5. The van der Waals surface area contributed by atoms with E-state index in [9.17, 15) is 0 Å². The number of aromatic nitrogens is 2. The molecule has 25 heavy (non-hydrogen) atoms. The Balaban J connectivity index is 1.40. The molecule has 2 N–H and O–H groups in total. The van der Waals surface area contributed by atoms with Gasteiger partial charge in [-0.25, -0.2) is 0 Å². The maximum atomic E-state index is 6.31. The molecule has 0 saturated carbocycles. The summed E-state index contributed by atoms with van der Waals surface area (Å²) in [5.41, 5.74) is 2.20. The molecular weight excluding hydrogens is 316 g/mol. The van der Waals surface area contributed by atoms with Gasteiger partial charge in [0.25, 0.3) is 0 Å². The van der Waals surface area contributed by atoms with E-state index in [1.54, 1.807) is 0 Å². The first-order valence-electron chi connectivity index (χ1n) is 9.30. The number of benzene rings is 1. The Bertz CT molecular complexity index is 732. The smallest absolute Gasteiger partial charge is 0.155 e. The lowest BCUT2D eigenvalue weighted by Gasteiger charge is -2.42. The third-order valence-electron chi connectivity index (χ3n) is 5.77. The molecule has 2 saturated heterocycles. The number of hydrogen-bond donors (Lipinski definition) is 2. The summed E-state index contributed by atoms with van der Waals surface area (Å²) >= 11 is 0. The number of anilines is 1. The van der Waals surface area contributed by atoms with E-state index in [4.69, 9.17) is 9.47 Å². The average molecular weight is 344 g/mol. The average Bonchev–Trinajstić information content (AvgIpc) is 2.97. The number of piperidine rings is 1. The summed E-state index contributed by atoms with van der Waals surface area (Å²) in [5.74, 6) is 2.43. The number of fused-ring (bicyclic) bond motifs is 1. The predicted molar refractivity (Wildman–Crippen MR) is 99.4 cm³/mol. The van der Waals surface area contributed by atoms with Crippen LogP contribution in [0.1, 0.15) is 25.3 Å². The zero-order valence-corrected chi connectivity index (χ0v) is 15.3. The van der Waals surface area contributed by atoms with E-state index in [0.29, 0.717) is 12.0 Å². The van der Waals surface area contributed by atoms with Crippen molar-refractivity contribution in [2.45, 2.75) is 38.8 Å². The number of H-pyrrole nitrogens is 1. The fraction of sp³-hybridized carbons (Fsp3) is 0.632. The van der Waals surface area contributed by atoms with Crippen LogP contribution in [-0.4, -0.2) is 60.6 Å². The molecule has 4 rings (SSSR count). The minimum Gasteiger partial charge on any atom is -0.490 e. The van der Waals surface area contributed by atoms with Crippen LogP contribution in [0.3, 0.4) is 0 Å². The Kier molecular flexibility index (Phi) is 4.56. The van der Waals surface area contributed by atoms with Gasteiger partial charge in [0, 0.05) is 18.5 Å². The normalized spacial score (nSPS) is 21.2. The summed E-state index contributed by atoms with van der Waals surface area (Å²) in [6, 6.07) is 4.84. The monoisotopic (exact) mass is 344 g/mol. The van der Waals surface area contributed by atoms with Crippen molar-refractivity contribution in [3.63, 3.8) is 0 Å². The number of aryl methyl sites for hydroxylation is 1. The summed E-state index contributed by atoms with van der Waals surface area (Å²) in [6.45, 7) is 8.46. The number of likely N-dealkylation sites (tertiary alicyclic amines) is 1. The van der Waals surface area contributed by atoms with Gasteiger partial charge in [-0.1, -0.05) is 0 Å². The van der Waals surface area contributed by atoms with Gasteiger partial charge in [-0.2, -0.15) is 5.10 Å². The Morgan fingerprint density at radius 3 is 2.72 bits per heavy atom. The number of nitrogens with one attached hydrogen (secondary N) is 2. The largest absolute Gasteiger partial charge is 0.490 e. The molecule has 2 aromatic rings. The topological polar surface area (TPSA) is 62.4 Å². The molecule has 2 aliphatic heterocycles. The standard InChI is InChI=1S/C19H28N4O2/c1-12-8-16(9-17-18(12)19(20-3)22-21-17)25-13(2)14-4-6-23(7-5-14)15-10-24-11-15/h8-9,13-15H,4-7,10-11H2,1-3H3,(H2,20,21,22). The van der Waals surface area contributed by atoms with E-state index in [-0.39, 0.29) is 6.10 Å². The summed E-state index contributed by atoms with van der Waals surface area (Å²) in [5, 5.41) is 11.7. The fourth-order valence-electron chi connectivity index (χ4n) is 4.08. The van der Waals surface area contributed by atoms with Gasteiger partial charge in [0.05, 0.1) is 30.9 Å². The lowest BCUT2D eigenvalue weighted by molar-refractivity contribution is -0.0775. The molecule has 2 fully saturated rings. The van der Waals surface area contributed by atoms with E-state index >= 15 is 0 Å². The van der Waals surface area contributed by atoms with Crippen molar-refractivity contribution >= 4 is 16.7 Å². The van der Waals surface area contributed by atoms with Gasteiger partial charge in [-0.15, -0.1) is 0 Å². The third-order valence-corrected chi connectivity index (χ3v) is 5.77. The van der Waals surface area contributed by atoms with Crippen LogP contribution in [0, 0.1) is 12.8 Å². The molecule has 0 amide bonds. The highest BCUT2D eigenvalue weighted by Gasteiger charge is 2.31. The van der Waals surface area contributed by atoms with Gasteiger partial charge in [0.1, 0.15) is 5.75 Å². The summed E-state index contributed by atoms with van der Waals surface area (Å²) in [6.07, 6.45) is 2.63. The second-order valence-electron chi connectivity index (χ2n) is 7.37. The molecule has 0 spiro atoms. The number of rotatable bonds is 5. The second kappa shape index (κ2) is 6.84. The van der Waals surface area contributed by atoms with E-state index in [2.05, 4.69) is 46.4 Å². The van der Waals surface area contributed by atoms with Crippen LogP contribution in [0.2, 0.25) is 0 Å². The highest BCUT2D eigenvalue weighted by atomic mass is 16.5. The van der Waals surface area contributed by atoms with Crippen molar-refractivity contribution < 1.29 is 9.47 Å². The quantitative estimate of drug-likeness (QED) is 0.873. The minimum absolute atomic E-state index is 0.225. The molecule has 1 aromatic heterocycles. The lowest BCUT2D eigenvalue weighted by atomic mass is 9.91. The Morgan fingerprint density at radius 2 is 2.08 bits per heavy atom. The van der Waals surface area contributed by atoms with E-state index < -0.39 is 0 Å². The molecule has 1 unspecified atom stereocenters. The van der Waals surface area contributed by atoms with E-state index in [1.165, 1.54) is 18.4 Å². The Hall–Kier alpha value is -1.79. The van der Waals surface area contributed by atoms with Crippen molar-refractivity contribution in [1.82, 2.24) is 15.1 Å². The van der Waals surface area contributed by atoms with Crippen LogP contribution >= 0.6 is 0 Å². The number of ether oxygens (including phenoxy) is 2. The van der Waals surface area contributed by atoms with Crippen LogP contribution in [0.4, 0.5) is 5.82 Å².